The smallest absolute Gasteiger partial charge is 0.00252 e. The molecule has 0 aliphatic heterocycles. The Balaban J connectivity index is 0.000000357. The van der Waals surface area contributed by atoms with Crippen molar-refractivity contribution in [2.24, 2.45) is 5.73 Å². The Morgan fingerprint density at radius 1 is 0.950 bits per heavy atom. The zero-order chi connectivity index (χ0) is 15.1. The third-order valence-electron chi connectivity index (χ3n) is 3.07. The fourth-order valence-corrected chi connectivity index (χ4v) is 2.27. The van der Waals surface area contributed by atoms with Crippen molar-refractivity contribution in [3.05, 3.63) is 60.7 Å². The van der Waals surface area contributed by atoms with E-state index in [0.29, 0.717) is 0 Å². The molecular formula is C19H25N. The maximum atomic E-state index is 4.85. The minimum Gasteiger partial charge on any atom is -0.331 e. The third kappa shape index (κ3) is 3.37. The van der Waals surface area contributed by atoms with E-state index in [9.17, 15) is 0 Å². The molecule has 0 atom stereocenters. The summed E-state index contributed by atoms with van der Waals surface area (Å²) in [5.74, 6) is 0. The molecule has 1 heteroatoms. The third-order valence-corrected chi connectivity index (χ3v) is 3.07. The zero-order valence-corrected chi connectivity index (χ0v) is 12.9. The second-order valence-corrected chi connectivity index (χ2v) is 4.54. The summed E-state index contributed by atoms with van der Waals surface area (Å²) in [4.78, 5) is 0. The van der Waals surface area contributed by atoms with Gasteiger partial charge in [0.2, 0.25) is 0 Å². The standard InChI is InChI=1S/C15H12.C2H7N.C2H6/c1-10-7-11(2)15-9-13-6-4-3-5-12(13)8-14(10)15;1-2-3;1-2/h3-6,8-9H,1-2,7H2;2-3H2,1H3;1-2H3. The molecule has 0 aromatic heterocycles. The molecule has 0 heterocycles. The van der Waals surface area contributed by atoms with Gasteiger partial charge in [0.15, 0.2) is 0 Å². The van der Waals surface area contributed by atoms with Gasteiger partial charge < -0.3 is 5.73 Å². The van der Waals surface area contributed by atoms with Gasteiger partial charge in [-0.15, -0.1) is 0 Å². The highest BCUT2D eigenvalue weighted by Gasteiger charge is 2.18. The topological polar surface area (TPSA) is 26.0 Å². The summed E-state index contributed by atoms with van der Waals surface area (Å²) in [6.45, 7) is 14.8. The summed E-state index contributed by atoms with van der Waals surface area (Å²) < 4.78 is 0. The van der Waals surface area contributed by atoms with Gasteiger partial charge >= 0.3 is 0 Å². The van der Waals surface area contributed by atoms with Gasteiger partial charge in [-0.2, -0.15) is 0 Å². The normalized spacial score (nSPS) is 12.2. The molecule has 0 saturated heterocycles. The number of benzene rings is 2. The molecule has 3 rings (SSSR count). The van der Waals surface area contributed by atoms with E-state index in [1.807, 2.05) is 20.8 Å². The highest BCUT2D eigenvalue weighted by atomic mass is 14.5. The molecular weight excluding hydrogens is 242 g/mol. The minimum atomic E-state index is 0.750. The number of hydrogen-bond donors (Lipinski definition) is 1. The van der Waals surface area contributed by atoms with Crippen LogP contribution in [0.2, 0.25) is 0 Å². The molecule has 0 amide bonds. The van der Waals surface area contributed by atoms with Crippen molar-refractivity contribution in [3.8, 4) is 0 Å². The van der Waals surface area contributed by atoms with E-state index in [-0.39, 0.29) is 0 Å². The van der Waals surface area contributed by atoms with Crippen molar-refractivity contribution in [1.29, 1.82) is 0 Å². The van der Waals surface area contributed by atoms with Crippen LogP contribution in [0.5, 0.6) is 0 Å². The van der Waals surface area contributed by atoms with E-state index in [1.165, 1.54) is 33.0 Å². The molecule has 1 aliphatic rings. The SMILES string of the molecule is C=C1CC(=C)c2cc3ccccc3cc21.CC.CCN. The lowest BCUT2D eigenvalue weighted by atomic mass is 10.0. The predicted octanol–water partition coefficient (Wildman–Crippen LogP) is 5.26. The van der Waals surface area contributed by atoms with Crippen LogP contribution >= 0.6 is 0 Å². The van der Waals surface area contributed by atoms with Crippen LogP contribution in [0.3, 0.4) is 0 Å². The summed E-state index contributed by atoms with van der Waals surface area (Å²) in [5, 5.41) is 2.57. The van der Waals surface area contributed by atoms with E-state index in [0.717, 1.165) is 13.0 Å². The molecule has 0 bridgehead atoms. The number of fused-ring (bicyclic) bond motifs is 2. The largest absolute Gasteiger partial charge is 0.331 e. The van der Waals surface area contributed by atoms with Gasteiger partial charge in [-0.1, -0.05) is 58.2 Å². The maximum absolute atomic E-state index is 4.85. The molecule has 1 aliphatic carbocycles. The summed E-state index contributed by atoms with van der Waals surface area (Å²) in [7, 11) is 0. The molecule has 0 saturated carbocycles. The Kier molecular flexibility index (Phi) is 6.20. The number of nitrogens with two attached hydrogens (primary N) is 1. The lowest BCUT2D eigenvalue weighted by Gasteiger charge is -2.03. The second-order valence-electron chi connectivity index (χ2n) is 4.54. The van der Waals surface area contributed by atoms with Crippen LogP contribution in [0.15, 0.2) is 49.6 Å². The first-order chi connectivity index (χ1) is 9.67. The van der Waals surface area contributed by atoms with Crippen LogP contribution in [-0.4, -0.2) is 6.54 Å². The highest BCUT2D eigenvalue weighted by molar-refractivity contribution is 5.98. The molecule has 0 unspecified atom stereocenters. The van der Waals surface area contributed by atoms with Crippen molar-refractivity contribution < 1.29 is 0 Å². The molecule has 0 fully saturated rings. The number of allylic oxidation sites excluding steroid dienone is 2. The van der Waals surface area contributed by atoms with Crippen molar-refractivity contribution in [1.82, 2.24) is 0 Å². The van der Waals surface area contributed by atoms with E-state index in [1.54, 1.807) is 0 Å². The molecule has 2 aromatic rings. The van der Waals surface area contributed by atoms with Crippen LogP contribution < -0.4 is 5.73 Å². The van der Waals surface area contributed by atoms with Gasteiger partial charge in [0.1, 0.15) is 0 Å². The Labute approximate surface area is 122 Å². The summed E-state index contributed by atoms with van der Waals surface area (Å²) >= 11 is 0. The number of rotatable bonds is 0. The van der Waals surface area contributed by atoms with E-state index >= 15 is 0 Å². The quantitative estimate of drug-likeness (QED) is 0.692. The zero-order valence-electron chi connectivity index (χ0n) is 12.9. The Hall–Kier alpha value is -1.86. The molecule has 1 nitrogen and oxygen atoms in total. The van der Waals surface area contributed by atoms with Crippen molar-refractivity contribution in [2.45, 2.75) is 27.2 Å². The fraction of sp³-hybridized carbons (Fsp3) is 0.263. The molecule has 0 spiro atoms. The molecule has 0 radical (unpaired) electrons. The van der Waals surface area contributed by atoms with Gasteiger partial charge in [-0.05, 0) is 58.1 Å². The molecule has 20 heavy (non-hydrogen) atoms. The van der Waals surface area contributed by atoms with Crippen molar-refractivity contribution >= 4 is 21.9 Å². The number of hydrogen-bond acceptors (Lipinski definition) is 1. The lowest BCUT2D eigenvalue weighted by Crippen LogP contribution is -1.87. The summed E-state index contributed by atoms with van der Waals surface area (Å²) in [6.07, 6.45) is 0.922. The maximum Gasteiger partial charge on any atom is -0.00252 e. The van der Waals surface area contributed by atoms with Gasteiger partial charge in [-0.3, -0.25) is 0 Å². The van der Waals surface area contributed by atoms with E-state index in [2.05, 4.69) is 49.6 Å². The average molecular weight is 267 g/mol. The van der Waals surface area contributed by atoms with Crippen LogP contribution in [-0.2, 0) is 0 Å². The van der Waals surface area contributed by atoms with Crippen LogP contribution in [0.25, 0.3) is 21.9 Å². The van der Waals surface area contributed by atoms with E-state index < -0.39 is 0 Å². The monoisotopic (exact) mass is 267 g/mol. The molecule has 2 aromatic carbocycles. The minimum absolute atomic E-state index is 0.750. The Morgan fingerprint density at radius 2 is 1.30 bits per heavy atom. The molecule has 106 valence electrons. The second kappa shape index (κ2) is 7.66. The summed E-state index contributed by atoms with van der Waals surface area (Å²) in [6, 6.07) is 12.9. The average Bonchev–Trinajstić information content (AvgIpc) is 2.75. The predicted molar refractivity (Wildman–Crippen MR) is 92.7 cm³/mol. The van der Waals surface area contributed by atoms with E-state index in [4.69, 9.17) is 5.73 Å². The Morgan fingerprint density at radius 3 is 1.65 bits per heavy atom. The summed E-state index contributed by atoms with van der Waals surface area (Å²) in [5.41, 5.74) is 9.79. The van der Waals surface area contributed by atoms with Crippen LogP contribution in [0.1, 0.15) is 38.3 Å². The van der Waals surface area contributed by atoms with Gasteiger partial charge in [0.25, 0.3) is 0 Å². The van der Waals surface area contributed by atoms with Gasteiger partial charge in [-0.25, -0.2) is 0 Å². The van der Waals surface area contributed by atoms with Crippen molar-refractivity contribution in [3.63, 3.8) is 0 Å². The highest BCUT2D eigenvalue weighted by Crippen LogP contribution is 2.40. The van der Waals surface area contributed by atoms with Gasteiger partial charge in [0, 0.05) is 0 Å². The van der Waals surface area contributed by atoms with Crippen molar-refractivity contribution in [2.75, 3.05) is 6.54 Å². The van der Waals surface area contributed by atoms with Crippen LogP contribution in [0, 0.1) is 0 Å². The fourth-order valence-electron chi connectivity index (χ4n) is 2.27. The Bertz CT molecular complexity index is 556. The first-order valence-electron chi connectivity index (χ1n) is 7.26. The first-order valence-corrected chi connectivity index (χ1v) is 7.26. The van der Waals surface area contributed by atoms with Gasteiger partial charge in [0.05, 0.1) is 0 Å². The first kappa shape index (κ1) is 16.2. The lowest BCUT2D eigenvalue weighted by molar-refractivity contribution is 1.14. The van der Waals surface area contributed by atoms with Crippen LogP contribution in [0.4, 0.5) is 0 Å². The molecule has 2 N–H and O–H groups in total.